The monoisotopic (exact) mass is 498 g/mol. The van der Waals surface area contributed by atoms with E-state index in [1.807, 2.05) is 11.8 Å². The zero-order valence-corrected chi connectivity index (χ0v) is 22.4. The standard InChI is InChI=1S/C28H42N4O2S/c1-21-17-23(10-11-26(21)33-2)18-31-14-12-24(13-15-31)27-29-30-28(32(27)19-25-9-6-16-34-25)35-20-22-7-4-3-5-8-22/h10-11,17,22,24-25H,3-9,12-16,18-20H2,1-2H3. The number of aromatic nitrogens is 3. The summed E-state index contributed by atoms with van der Waals surface area (Å²) in [6.07, 6.45) is 11.9. The van der Waals surface area contributed by atoms with E-state index in [-0.39, 0.29) is 0 Å². The molecule has 35 heavy (non-hydrogen) atoms. The van der Waals surface area contributed by atoms with Crippen LogP contribution in [0.1, 0.15) is 80.7 Å². The smallest absolute Gasteiger partial charge is 0.191 e. The summed E-state index contributed by atoms with van der Waals surface area (Å²) in [6.45, 7) is 7.15. The second-order valence-corrected chi connectivity index (χ2v) is 11.7. The fourth-order valence-corrected chi connectivity index (χ4v) is 7.21. The number of hydrogen-bond acceptors (Lipinski definition) is 6. The number of thioether (sulfide) groups is 1. The fourth-order valence-electron chi connectivity index (χ4n) is 6.06. The fraction of sp³-hybridized carbons (Fsp3) is 0.714. The first-order valence-corrected chi connectivity index (χ1v) is 14.7. The molecule has 1 atom stereocenters. The van der Waals surface area contributed by atoms with E-state index in [9.17, 15) is 0 Å². The van der Waals surface area contributed by atoms with Gasteiger partial charge in [-0.05, 0) is 81.6 Å². The summed E-state index contributed by atoms with van der Waals surface area (Å²) >= 11 is 1.94. The molecule has 192 valence electrons. The Hall–Kier alpha value is -1.57. The average molecular weight is 499 g/mol. The van der Waals surface area contributed by atoms with Gasteiger partial charge in [-0.2, -0.15) is 0 Å². The molecule has 2 saturated heterocycles. The van der Waals surface area contributed by atoms with Gasteiger partial charge in [-0.25, -0.2) is 0 Å². The summed E-state index contributed by atoms with van der Waals surface area (Å²) in [5.74, 6) is 4.68. The van der Waals surface area contributed by atoms with Crippen LogP contribution in [-0.4, -0.2) is 58.3 Å². The van der Waals surface area contributed by atoms with Gasteiger partial charge in [-0.15, -0.1) is 10.2 Å². The van der Waals surface area contributed by atoms with E-state index in [0.29, 0.717) is 12.0 Å². The Morgan fingerprint density at radius 1 is 1.03 bits per heavy atom. The van der Waals surface area contributed by atoms with E-state index >= 15 is 0 Å². The second kappa shape index (κ2) is 12.1. The molecule has 6 nitrogen and oxygen atoms in total. The van der Waals surface area contributed by atoms with Gasteiger partial charge in [0.25, 0.3) is 0 Å². The highest BCUT2D eigenvalue weighted by atomic mass is 32.2. The number of aryl methyl sites for hydroxylation is 1. The molecule has 0 amide bonds. The lowest BCUT2D eigenvalue weighted by Crippen LogP contribution is -2.33. The van der Waals surface area contributed by atoms with Gasteiger partial charge in [0.2, 0.25) is 0 Å². The van der Waals surface area contributed by atoms with E-state index in [1.165, 1.54) is 61.2 Å². The van der Waals surface area contributed by atoms with E-state index in [2.05, 4.69) is 34.6 Å². The van der Waals surface area contributed by atoms with Crippen LogP contribution in [0.3, 0.4) is 0 Å². The Kier molecular flexibility index (Phi) is 8.68. The van der Waals surface area contributed by atoms with E-state index in [0.717, 1.165) is 68.9 Å². The van der Waals surface area contributed by atoms with Gasteiger partial charge in [0, 0.05) is 24.8 Å². The molecular weight excluding hydrogens is 456 g/mol. The summed E-state index contributed by atoms with van der Waals surface area (Å²) < 4.78 is 13.9. The molecule has 3 aliphatic rings. The number of hydrogen-bond donors (Lipinski definition) is 0. The lowest BCUT2D eigenvalue weighted by Gasteiger charge is -2.32. The van der Waals surface area contributed by atoms with Gasteiger partial charge in [0.05, 0.1) is 19.8 Å². The molecule has 1 aromatic carbocycles. The number of nitrogens with zero attached hydrogens (tertiary/aromatic N) is 4. The largest absolute Gasteiger partial charge is 0.496 e. The van der Waals surface area contributed by atoms with Crippen molar-refractivity contribution >= 4 is 11.8 Å². The molecular formula is C28H42N4O2S. The minimum Gasteiger partial charge on any atom is -0.496 e. The highest BCUT2D eigenvalue weighted by molar-refractivity contribution is 7.99. The Morgan fingerprint density at radius 2 is 1.86 bits per heavy atom. The number of likely N-dealkylation sites (tertiary alicyclic amines) is 1. The summed E-state index contributed by atoms with van der Waals surface area (Å²) in [5.41, 5.74) is 2.57. The van der Waals surface area contributed by atoms with Crippen LogP contribution in [0.15, 0.2) is 23.4 Å². The number of benzene rings is 1. The summed E-state index contributed by atoms with van der Waals surface area (Å²) in [6, 6.07) is 6.56. The van der Waals surface area contributed by atoms with E-state index in [1.54, 1.807) is 7.11 Å². The van der Waals surface area contributed by atoms with Crippen LogP contribution in [0.2, 0.25) is 0 Å². The molecule has 1 saturated carbocycles. The summed E-state index contributed by atoms with van der Waals surface area (Å²) in [7, 11) is 1.74. The maximum Gasteiger partial charge on any atom is 0.191 e. The molecule has 1 unspecified atom stereocenters. The molecule has 3 fully saturated rings. The van der Waals surface area contributed by atoms with Crippen LogP contribution >= 0.6 is 11.8 Å². The molecule has 5 rings (SSSR count). The highest BCUT2D eigenvalue weighted by Crippen LogP contribution is 2.34. The Morgan fingerprint density at radius 3 is 2.57 bits per heavy atom. The number of rotatable bonds is 9. The van der Waals surface area contributed by atoms with E-state index < -0.39 is 0 Å². The topological polar surface area (TPSA) is 52.4 Å². The molecule has 1 aromatic heterocycles. The third kappa shape index (κ3) is 6.41. The zero-order chi connectivity index (χ0) is 24.0. The van der Waals surface area contributed by atoms with E-state index in [4.69, 9.17) is 19.7 Å². The van der Waals surface area contributed by atoms with Gasteiger partial charge in [-0.1, -0.05) is 43.2 Å². The van der Waals surface area contributed by atoms with Crippen LogP contribution < -0.4 is 4.74 Å². The van der Waals surface area contributed by atoms with Crippen molar-refractivity contribution in [2.75, 3.05) is 32.6 Å². The number of methoxy groups -OCH3 is 1. The van der Waals surface area contributed by atoms with Crippen LogP contribution in [0, 0.1) is 12.8 Å². The minimum absolute atomic E-state index is 0.317. The molecule has 0 bridgehead atoms. The van der Waals surface area contributed by atoms with Crippen molar-refractivity contribution in [1.29, 1.82) is 0 Å². The summed E-state index contributed by atoms with van der Waals surface area (Å²) in [4.78, 5) is 2.58. The SMILES string of the molecule is COc1ccc(CN2CCC(c3nnc(SCC4CCCCC4)n3CC3CCCO3)CC2)cc1C. The van der Waals surface area contributed by atoms with Crippen molar-refractivity contribution in [1.82, 2.24) is 19.7 Å². The predicted octanol–water partition coefficient (Wildman–Crippen LogP) is 5.83. The third-order valence-electron chi connectivity index (χ3n) is 8.15. The minimum atomic E-state index is 0.317. The average Bonchev–Trinajstić information content (AvgIpc) is 3.55. The maximum absolute atomic E-state index is 6.02. The Bertz CT molecular complexity index is 944. The lowest BCUT2D eigenvalue weighted by molar-refractivity contribution is 0.0931. The molecule has 0 N–H and O–H groups in total. The normalized spacial score (nSPS) is 22.6. The van der Waals surface area contributed by atoms with Crippen molar-refractivity contribution in [2.24, 2.45) is 5.92 Å². The lowest BCUT2D eigenvalue weighted by atomic mass is 9.91. The molecule has 2 aromatic rings. The molecule has 0 radical (unpaired) electrons. The van der Waals surface area contributed by atoms with Crippen molar-refractivity contribution in [3.05, 3.63) is 35.2 Å². The molecule has 3 heterocycles. The van der Waals surface area contributed by atoms with Crippen LogP contribution in [0.25, 0.3) is 0 Å². The van der Waals surface area contributed by atoms with Gasteiger partial charge >= 0.3 is 0 Å². The third-order valence-corrected chi connectivity index (χ3v) is 9.35. The van der Waals surface area contributed by atoms with Crippen LogP contribution in [-0.2, 0) is 17.8 Å². The molecule has 1 aliphatic carbocycles. The predicted molar refractivity (Wildman–Crippen MR) is 141 cm³/mol. The van der Waals surface area contributed by atoms with Gasteiger partial charge in [-0.3, -0.25) is 4.90 Å². The van der Waals surface area contributed by atoms with Crippen LogP contribution in [0.5, 0.6) is 5.75 Å². The quantitative estimate of drug-likeness (QED) is 0.406. The van der Waals surface area contributed by atoms with Crippen molar-refractivity contribution in [3.63, 3.8) is 0 Å². The van der Waals surface area contributed by atoms with Crippen molar-refractivity contribution < 1.29 is 9.47 Å². The first-order valence-electron chi connectivity index (χ1n) is 13.7. The van der Waals surface area contributed by atoms with Crippen LogP contribution in [0.4, 0.5) is 0 Å². The number of ether oxygens (including phenoxy) is 2. The van der Waals surface area contributed by atoms with Crippen molar-refractivity contribution in [3.8, 4) is 5.75 Å². The highest BCUT2D eigenvalue weighted by Gasteiger charge is 2.29. The Labute approximate surface area is 215 Å². The molecule has 0 spiro atoms. The first-order chi connectivity index (χ1) is 17.2. The van der Waals surface area contributed by atoms with Gasteiger partial charge < -0.3 is 14.0 Å². The molecule has 7 heteroatoms. The Balaban J connectivity index is 1.22. The zero-order valence-electron chi connectivity index (χ0n) is 21.6. The summed E-state index contributed by atoms with van der Waals surface area (Å²) in [5, 5.41) is 10.6. The van der Waals surface area contributed by atoms with Crippen molar-refractivity contribution in [2.45, 2.75) is 95.0 Å². The maximum atomic E-state index is 6.02. The number of piperidine rings is 1. The second-order valence-electron chi connectivity index (χ2n) is 10.8. The van der Waals surface area contributed by atoms with Gasteiger partial charge in [0.15, 0.2) is 5.16 Å². The van der Waals surface area contributed by atoms with Gasteiger partial charge in [0.1, 0.15) is 11.6 Å². The molecule has 2 aliphatic heterocycles. The first kappa shape index (κ1) is 25.1.